The van der Waals surface area contributed by atoms with Gasteiger partial charge in [-0.15, -0.1) is 0 Å². The van der Waals surface area contributed by atoms with Crippen molar-refractivity contribution in [3.8, 4) is 6.07 Å². The van der Waals surface area contributed by atoms with E-state index >= 15 is 0 Å². The second-order valence-electron chi connectivity index (χ2n) is 12.6. The van der Waals surface area contributed by atoms with Crippen molar-refractivity contribution < 1.29 is 14.6 Å². The van der Waals surface area contributed by atoms with Crippen LogP contribution in [0.5, 0.6) is 0 Å². The quantitative estimate of drug-likeness (QED) is 0.688. The first kappa shape index (κ1) is 21.9. The number of ether oxygens (including phenoxy) is 1. The molecular weight excluding hydrogens is 388 g/mol. The molecular formula is C26H40N2O3. The van der Waals surface area contributed by atoms with Gasteiger partial charge in [0.05, 0.1) is 30.3 Å². The largest absolute Gasteiger partial charge is 0.391 e. The van der Waals surface area contributed by atoms with Crippen LogP contribution in [0.2, 0.25) is 0 Å². The molecule has 1 N–H and O–H groups in total. The molecule has 0 radical (unpaired) electrons. The predicted octanol–water partition coefficient (Wildman–Crippen LogP) is 3.80. The molecule has 0 spiro atoms. The van der Waals surface area contributed by atoms with E-state index in [1.807, 2.05) is 0 Å². The highest BCUT2D eigenvalue weighted by atomic mass is 16.5. The van der Waals surface area contributed by atoms with E-state index in [1.165, 1.54) is 0 Å². The molecule has 0 aromatic heterocycles. The van der Waals surface area contributed by atoms with Gasteiger partial charge in [0.2, 0.25) is 0 Å². The highest BCUT2D eigenvalue weighted by Gasteiger charge is 2.64. The molecule has 5 fully saturated rings. The van der Waals surface area contributed by atoms with Crippen molar-refractivity contribution in [3.05, 3.63) is 0 Å². The Morgan fingerprint density at radius 2 is 1.90 bits per heavy atom. The van der Waals surface area contributed by atoms with E-state index in [1.54, 1.807) is 0 Å². The van der Waals surface area contributed by atoms with Gasteiger partial charge in [-0.25, -0.2) is 0 Å². The van der Waals surface area contributed by atoms with Gasteiger partial charge in [-0.05, 0) is 81.0 Å². The predicted molar refractivity (Wildman–Crippen MR) is 118 cm³/mol. The lowest BCUT2D eigenvalue weighted by molar-refractivity contribution is -0.176. The molecule has 0 bridgehead atoms. The fourth-order valence-corrected chi connectivity index (χ4v) is 9.02. The molecule has 5 rings (SSSR count). The zero-order valence-electron chi connectivity index (χ0n) is 19.8. The molecule has 31 heavy (non-hydrogen) atoms. The number of rotatable bonds is 1. The smallest absolute Gasteiger partial charge is 0.137 e. The maximum atomic E-state index is 13.8. The Labute approximate surface area is 187 Å². The number of morpholine rings is 1. The van der Waals surface area contributed by atoms with Gasteiger partial charge in [-0.2, -0.15) is 5.26 Å². The van der Waals surface area contributed by atoms with E-state index in [2.05, 4.69) is 38.7 Å². The van der Waals surface area contributed by atoms with Gasteiger partial charge < -0.3 is 9.84 Å². The number of ketones is 1. The van der Waals surface area contributed by atoms with Gasteiger partial charge in [-0.3, -0.25) is 9.69 Å². The molecule has 1 heterocycles. The van der Waals surface area contributed by atoms with Crippen molar-refractivity contribution >= 4 is 5.78 Å². The molecule has 5 heteroatoms. The highest BCUT2D eigenvalue weighted by molar-refractivity contribution is 5.84. The first-order valence-corrected chi connectivity index (χ1v) is 12.6. The number of hydrogen-bond donors (Lipinski definition) is 1. The molecule has 4 aliphatic carbocycles. The number of nitrogens with zero attached hydrogens (tertiary/aromatic N) is 2. The van der Waals surface area contributed by atoms with Crippen LogP contribution in [-0.2, 0) is 9.53 Å². The summed E-state index contributed by atoms with van der Waals surface area (Å²) in [5.41, 5.74) is -0.361. The molecule has 0 unspecified atom stereocenters. The summed E-state index contributed by atoms with van der Waals surface area (Å²) in [6.07, 6.45) is 6.26. The average Bonchev–Trinajstić information content (AvgIpc) is 3.02. The molecule has 9 atom stereocenters. The van der Waals surface area contributed by atoms with Crippen molar-refractivity contribution in [2.24, 2.45) is 40.4 Å². The number of Topliss-reactive ketones (excluding diaryl/α,β-unsaturated/α-hetero) is 1. The first-order chi connectivity index (χ1) is 14.6. The summed E-state index contributed by atoms with van der Waals surface area (Å²) in [5.74, 6) is 1.90. The zero-order valence-corrected chi connectivity index (χ0v) is 19.8. The lowest BCUT2D eigenvalue weighted by Crippen LogP contribution is -2.64. The van der Waals surface area contributed by atoms with Gasteiger partial charge >= 0.3 is 0 Å². The van der Waals surface area contributed by atoms with E-state index in [9.17, 15) is 15.2 Å². The number of aliphatic hydroxyl groups is 1. The molecule has 5 aliphatic rings. The standard InChI is InChI=1S/C26H40N2O3/c1-24(2)15-28(9-10-31-24)20-12-26(4)16(11-21(20)29)5-7-18-19-8-6-17(14-27)25(19,3)13-22(30)23(18)26/h16-21,23,29H,5-13,15H2,1-4H3/t16-,17+,18-,19-,20-,21-,23+,25+,26-/m0/s1. The van der Waals surface area contributed by atoms with Gasteiger partial charge in [0.15, 0.2) is 0 Å². The minimum Gasteiger partial charge on any atom is -0.391 e. The number of nitriles is 1. The van der Waals surface area contributed by atoms with E-state index in [0.717, 1.165) is 51.6 Å². The van der Waals surface area contributed by atoms with Crippen LogP contribution in [0.4, 0.5) is 0 Å². The van der Waals surface area contributed by atoms with Crippen LogP contribution in [-0.4, -0.2) is 53.2 Å². The molecule has 0 aromatic carbocycles. The van der Waals surface area contributed by atoms with E-state index in [4.69, 9.17) is 4.74 Å². The lowest BCUT2D eigenvalue weighted by Gasteiger charge is -2.61. The molecule has 1 saturated heterocycles. The van der Waals surface area contributed by atoms with Crippen molar-refractivity contribution in [1.82, 2.24) is 4.90 Å². The maximum absolute atomic E-state index is 13.8. The Bertz CT molecular complexity index is 790. The number of aliphatic hydroxyl groups excluding tert-OH is 1. The summed E-state index contributed by atoms with van der Waals surface area (Å²) in [6.45, 7) is 11.3. The van der Waals surface area contributed by atoms with Gasteiger partial charge in [-0.1, -0.05) is 13.8 Å². The SMILES string of the molecule is CC1(C)CN([C@H]2C[C@@]3(C)[C@@H](CC[C@H]4[C@@H]5CC[C@H](C#N)[C@@]5(C)CC(=O)[C@@H]43)C[C@@H]2O)CCO1. The molecule has 0 aromatic rings. The summed E-state index contributed by atoms with van der Waals surface area (Å²) >= 11 is 0. The number of hydrogen-bond acceptors (Lipinski definition) is 5. The average molecular weight is 429 g/mol. The number of fused-ring (bicyclic) bond motifs is 5. The van der Waals surface area contributed by atoms with Crippen LogP contribution in [0.1, 0.15) is 72.6 Å². The van der Waals surface area contributed by atoms with Crippen LogP contribution in [0.15, 0.2) is 0 Å². The van der Waals surface area contributed by atoms with Crippen molar-refractivity contribution in [2.45, 2.75) is 90.4 Å². The Hall–Kier alpha value is -0.960. The number of carbonyl (C=O) groups excluding carboxylic acids is 1. The van der Waals surface area contributed by atoms with Crippen LogP contribution >= 0.6 is 0 Å². The topological polar surface area (TPSA) is 73.6 Å². The monoisotopic (exact) mass is 428 g/mol. The lowest BCUT2D eigenvalue weighted by atomic mass is 9.44. The van der Waals surface area contributed by atoms with Crippen LogP contribution in [0.25, 0.3) is 0 Å². The second-order valence-corrected chi connectivity index (χ2v) is 12.6. The third-order valence-corrected chi connectivity index (χ3v) is 10.4. The molecule has 172 valence electrons. The van der Waals surface area contributed by atoms with Crippen LogP contribution in [0.3, 0.4) is 0 Å². The molecule has 1 aliphatic heterocycles. The fraction of sp³-hybridized carbons (Fsp3) is 0.923. The summed E-state index contributed by atoms with van der Waals surface area (Å²) in [6, 6.07) is 2.66. The summed E-state index contributed by atoms with van der Waals surface area (Å²) in [7, 11) is 0. The van der Waals surface area contributed by atoms with Crippen molar-refractivity contribution in [1.29, 1.82) is 5.26 Å². The van der Waals surface area contributed by atoms with Crippen molar-refractivity contribution in [2.75, 3.05) is 19.7 Å². The van der Waals surface area contributed by atoms with E-state index < -0.39 is 0 Å². The van der Waals surface area contributed by atoms with Crippen LogP contribution in [0, 0.1) is 51.8 Å². The minimum absolute atomic E-state index is 0.0319. The zero-order chi connectivity index (χ0) is 22.2. The first-order valence-electron chi connectivity index (χ1n) is 12.6. The third kappa shape index (κ3) is 3.23. The van der Waals surface area contributed by atoms with Gasteiger partial charge in [0, 0.05) is 31.5 Å². The Morgan fingerprint density at radius 3 is 2.61 bits per heavy atom. The van der Waals surface area contributed by atoms with Crippen molar-refractivity contribution in [3.63, 3.8) is 0 Å². The number of carbonyl (C=O) groups is 1. The Kier molecular flexibility index (Phi) is 5.13. The summed E-state index contributed by atoms with van der Waals surface area (Å²) < 4.78 is 5.93. The Morgan fingerprint density at radius 1 is 1.13 bits per heavy atom. The summed E-state index contributed by atoms with van der Waals surface area (Å²) in [5, 5.41) is 20.9. The van der Waals surface area contributed by atoms with Gasteiger partial charge in [0.1, 0.15) is 5.78 Å². The summed E-state index contributed by atoms with van der Waals surface area (Å²) in [4.78, 5) is 16.2. The van der Waals surface area contributed by atoms with Crippen LogP contribution < -0.4 is 0 Å². The highest BCUT2D eigenvalue weighted by Crippen LogP contribution is 2.66. The second kappa shape index (κ2) is 7.27. The fourth-order valence-electron chi connectivity index (χ4n) is 9.02. The molecule has 4 saturated carbocycles. The maximum Gasteiger partial charge on any atom is 0.137 e. The molecule has 5 nitrogen and oxygen atoms in total. The van der Waals surface area contributed by atoms with Gasteiger partial charge in [0.25, 0.3) is 0 Å². The van der Waals surface area contributed by atoms with E-state index in [-0.39, 0.29) is 40.4 Å². The normalized spacial score (nSPS) is 52.0. The molecule has 0 amide bonds. The Balaban J connectivity index is 1.44. The minimum atomic E-state index is -0.318. The third-order valence-electron chi connectivity index (χ3n) is 10.4. The van der Waals surface area contributed by atoms with E-state index in [0.29, 0.717) is 36.6 Å².